The molecule has 0 fully saturated rings. The lowest BCUT2D eigenvalue weighted by atomic mass is 10.1. The zero-order chi connectivity index (χ0) is 15.8. The number of para-hydroxylation sites is 1. The van der Waals surface area contributed by atoms with Crippen molar-refractivity contribution in [3.8, 4) is 0 Å². The van der Waals surface area contributed by atoms with E-state index in [1.165, 1.54) is 19.2 Å². The molecule has 0 bridgehead atoms. The number of benzene rings is 1. The zero-order valence-corrected chi connectivity index (χ0v) is 12.0. The summed E-state index contributed by atoms with van der Waals surface area (Å²) in [4.78, 5) is 22.9. The molecule has 0 aliphatic heterocycles. The van der Waals surface area contributed by atoms with E-state index in [2.05, 4.69) is 10.6 Å². The highest BCUT2D eigenvalue weighted by molar-refractivity contribution is 6.00. The molecule has 0 saturated carbocycles. The lowest BCUT2D eigenvalue weighted by Crippen LogP contribution is -2.40. The summed E-state index contributed by atoms with van der Waals surface area (Å²) in [6.07, 6.45) is 1.54. The minimum absolute atomic E-state index is 0.222. The molecule has 116 valence electrons. The first-order valence-electron chi connectivity index (χ1n) is 6.57. The van der Waals surface area contributed by atoms with Gasteiger partial charge in [-0.25, -0.2) is 14.0 Å². The van der Waals surface area contributed by atoms with Gasteiger partial charge in [-0.05, 0) is 18.6 Å². The van der Waals surface area contributed by atoms with Crippen LogP contribution in [0.2, 0.25) is 0 Å². The summed E-state index contributed by atoms with van der Waals surface area (Å²) in [6.45, 7) is 2.28. The number of anilines is 1. The van der Waals surface area contributed by atoms with E-state index in [0.717, 1.165) is 12.5 Å². The van der Waals surface area contributed by atoms with E-state index in [1.54, 1.807) is 0 Å². The van der Waals surface area contributed by atoms with Crippen LogP contribution in [0, 0.1) is 5.82 Å². The highest BCUT2D eigenvalue weighted by Crippen LogP contribution is 2.19. The van der Waals surface area contributed by atoms with E-state index >= 15 is 0 Å². The Kier molecular flexibility index (Phi) is 6.61. The Labute approximate surface area is 122 Å². The Morgan fingerprint density at radius 3 is 2.71 bits per heavy atom. The summed E-state index contributed by atoms with van der Waals surface area (Å²) >= 11 is 0. The van der Waals surface area contributed by atoms with Crippen molar-refractivity contribution in [1.29, 1.82) is 0 Å². The zero-order valence-electron chi connectivity index (χ0n) is 12.0. The van der Waals surface area contributed by atoms with Gasteiger partial charge < -0.3 is 20.5 Å². The Bertz CT molecular complexity index is 502. The first-order chi connectivity index (χ1) is 9.99. The fourth-order valence-corrected chi connectivity index (χ4v) is 1.91. The first-order valence-corrected chi connectivity index (χ1v) is 6.57. The smallest absolute Gasteiger partial charge is 0.337 e. The molecule has 1 atom stereocenters. The van der Waals surface area contributed by atoms with Gasteiger partial charge in [-0.15, -0.1) is 0 Å². The fraction of sp³-hybridized carbons (Fsp3) is 0.429. The van der Waals surface area contributed by atoms with E-state index < -0.39 is 17.8 Å². The second-order valence-corrected chi connectivity index (χ2v) is 4.51. The van der Waals surface area contributed by atoms with Crippen LogP contribution >= 0.6 is 0 Å². The van der Waals surface area contributed by atoms with Crippen LogP contribution < -0.4 is 10.6 Å². The van der Waals surface area contributed by atoms with E-state index in [-0.39, 0.29) is 17.3 Å². The average Bonchev–Trinajstić information content (AvgIpc) is 2.41. The van der Waals surface area contributed by atoms with Gasteiger partial charge in [-0.1, -0.05) is 19.4 Å². The van der Waals surface area contributed by atoms with Crippen LogP contribution in [0.15, 0.2) is 18.2 Å². The number of carboxylic acid groups (broad SMARTS) is 1. The Morgan fingerprint density at radius 1 is 1.43 bits per heavy atom. The third kappa shape index (κ3) is 5.03. The highest BCUT2D eigenvalue weighted by atomic mass is 19.1. The van der Waals surface area contributed by atoms with Crippen molar-refractivity contribution in [3.63, 3.8) is 0 Å². The number of carboxylic acids is 1. The second-order valence-electron chi connectivity index (χ2n) is 4.51. The van der Waals surface area contributed by atoms with E-state index in [9.17, 15) is 14.0 Å². The SMILES string of the molecule is CCCC(COC)NC(=O)Nc1c(F)cccc1C(=O)O. The van der Waals surface area contributed by atoms with Crippen molar-refractivity contribution in [2.24, 2.45) is 0 Å². The van der Waals surface area contributed by atoms with Gasteiger partial charge in [0.25, 0.3) is 0 Å². The van der Waals surface area contributed by atoms with Crippen LogP contribution in [0.5, 0.6) is 0 Å². The lowest BCUT2D eigenvalue weighted by Gasteiger charge is -2.18. The number of hydrogen-bond acceptors (Lipinski definition) is 3. The monoisotopic (exact) mass is 298 g/mol. The Balaban J connectivity index is 2.81. The van der Waals surface area contributed by atoms with Crippen molar-refractivity contribution in [2.75, 3.05) is 19.0 Å². The molecular weight excluding hydrogens is 279 g/mol. The molecule has 0 aromatic heterocycles. The maximum absolute atomic E-state index is 13.7. The second kappa shape index (κ2) is 8.21. The number of carbonyl (C=O) groups is 2. The normalized spacial score (nSPS) is 11.8. The summed E-state index contributed by atoms with van der Waals surface area (Å²) in [5, 5.41) is 13.9. The number of ether oxygens (including phenoxy) is 1. The molecule has 2 amide bonds. The lowest BCUT2D eigenvalue weighted by molar-refractivity contribution is 0.0697. The van der Waals surface area contributed by atoms with E-state index in [4.69, 9.17) is 9.84 Å². The quantitative estimate of drug-likeness (QED) is 0.721. The van der Waals surface area contributed by atoms with Crippen molar-refractivity contribution in [1.82, 2.24) is 5.32 Å². The summed E-state index contributed by atoms with van der Waals surface area (Å²) in [5.41, 5.74) is -0.654. The number of nitrogens with one attached hydrogen (secondary N) is 2. The van der Waals surface area contributed by atoms with Crippen molar-refractivity contribution < 1.29 is 23.8 Å². The molecular formula is C14H19FN2O4. The largest absolute Gasteiger partial charge is 0.478 e. The number of amides is 2. The molecule has 3 N–H and O–H groups in total. The number of halogens is 1. The standard InChI is InChI=1S/C14H19FN2O4/c1-3-5-9(8-21-2)16-14(20)17-12-10(13(18)19)6-4-7-11(12)15/h4,6-7,9H,3,5,8H2,1-2H3,(H,18,19)(H2,16,17,20). The van der Waals surface area contributed by atoms with E-state index in [1.807, 2.05) is 6.92 Å². The van der Waals surface area contributed by atoms with Crippen LogP contribution in [0.1, 0.15) is 30.1 Å². The summed E-state index contributed by atoms with van der Waals surface area (Å²) in [5.74, 6) is -2.12. The molecule has 0 heterocycles. The fourth-order valence-electron chi connectivity index (χ4n) is 1.91. The van der Waals surface area contributed by atoms with Gasteiger partial charge in [0.05, 0.1) is 23.9 Å². The third-order valence-electron chi connectivity index (χ3n) is 2.82. The number of methoxy groups -OCH3 is 1. The molecule has 1 aromatic rings. The van der Waals surface area contributed by atoms with Gasteiger partial charge in [0.15, 0.2) is 0 Å². The Morgan fingerprint density at radius 2 is 2.14 bits per heavy atom. The molecule has 7 heteroatoms. The van der Waals surface area contributed by atoms with Crippen LogP contribution in [0.25, 0.3) is 0 Å². The van der Waals surface area contributed by atoms with Gasteiger partial charge in [-0.2, -0.15) is 0 Å². The number of hydrogen-bond donors (Lipinski definition) is 3. The topological polar surface area (TPSA) is 87.7 Å². The molecule has 21 heavy (non-hydrogen) atoms. The van der Waals surface area contributed by atoms with Crippen molar-refractivity contribution in [3.05, 3.63) is 29.6 Å². The molecule has 1 rings (SSSR count). The molecule has 0 saturated heterocycles. The van der Waals surface area contributed by atoms with Crippen molar-refractivity contribution in [2.45, 2.75) is 25.8 Å². The van der Waals surface area contributed by atoms with Gasteiger partial charge in [-0.3, -0.25) is 0 Å². The average molecular weight is 298 g/mol. The minimum atomic E-state index is -1.31. The summed E-state index contributed by atoms with van der Waals surface area (Å²) < 4.78 is 18.7. The molecule has 0 aliphatic carbocycles. The third-order valence-corrected chi connectivity index (χ3v) is 2.82. The predicted octanol–water partition coefficient (Wildman–Crippen LogP) is 2.46. The maximum Gasteiger partial charge on any atom is 0.337 e. The highest BCUT2D eigenvalue weighted by Gasteiger charge is 2.18. The van der Waals surface area contributed by atoms with Gasteiger partial charge in [0.1, 0.15) is 5.82 Å². The first kappa shape index (κ1) is 16.9. The minimum Gasteiger partial charge on any atom is -0.478 e. The summed E-state index contributed by atoms with van der Waals surface area (Å²) in [6, 6.07) is 2.69. The molecule has 1 aromatic carbocycles. The number of urea groups is 1. The predicted molar refractivity (Wildman–Crippen MR) is 76.1 cm³/mol. The van der Waals surface area contributed by atoms with Gasteiger partial charge in [0, 0.05) is 7.11 Å². The summed E-state index contributed by atoms with van der Waals surface area (Å²) in [7, 11) is 1.52. The van der Waals surface area contributed by atoms with Crippen LogP contribution in [0.4, 0.5) is 14.9 Å². The maximum atomic E-state index is 13.7. The van der Waals surface area contributed by atoms with Crippen LogP contribution in [0.3, 0.4) is 0 Å². The molecule has 1 unspecified atom stereocenters. The van der Waals surface area contributed by atoms with Crippen LogP contribution in [-0.2, 0) is 4.74 Å². The van der Waals surface area contributed by atoms with Crippen molar-refractivity contribution >= 4 is 17.7 Å². The van der Waals surface area contributed by atoms with Gasteiger partial charge >= 0.3 is 12.0 Å². The van der Waals surface area contributed by atoms with E-state index in [0.29, 0.717) is 13.0 Å². The molecule has 0 radical (unpaired) electrons. The number of rotatable bonds is 7. The van der Waals surface area contributed by atoms with Crippen LogP contribution in [-0.4, -0.2) is 36.9 Å². The Hall–Kier alpha value is -2.15. The molecule has 0 aliphatic rings. The molecule has 0 spiro atoms. The van der Waals surface area contributed by atoms with Gasteiger partial charge in [0.2, 0.25) is 0 Å². The number of aromatic carboxylic acids is 1. The molecule has 6 nitrogen and oxygen atoms in total. The number of carbonyl (C=O) groups excluding carboxylic acids is 1.